The molecule has 2 aromatic rings. The largest absolute Gasteiger partial charge is 0.352 e. The van der Waals surface area contributed by atoms with Crippen molar-refractivity contribution in [1.82, 2.24) is 15.5 Å². The number of benzene rings is 1. The minimum atomic E-state index is -4.07. The summed E-state index contributed by atoms with van der Waals surface area (Å²) < 4.78 is 27.3. The van der Waals surface area contributed by atoms with Gasteiger partial charge in [0.25, 0.3) is 20.3 Å². The van der Waals surface area contributed by atoms with Crippen LogP contribution >= 0.6 is 11.3 Å². The summed E-state index contributed by atoms with van der Waals surface area (Å²) in [6, 6.07) is 6.30. The van der Waals surface area contributed by atoms with Gasteiger partial charge in [-0.25, -0.2) is 0 Å². The zero-order chi connectivity index (χ0) is 20.7. The maximum atomic E-state index is 12.6. The van der Waals surface area contributed by atoms with Crippen molar-refractivity contribution in [3.63, 3.8) is 0 Å². The van der Waals surface area contributed by atoms with Gasteiger partial charge in [-0.2, -0.15) is 8.42 Å². The number of aromatic nitrogens is 2. The Morgan fingerprint density at radius 2 is 1.89 bits per heavy atom. The van der Waals surface area contributed by atoms with Crippen LogP contribution in [0.15, 0.2) is 28.6 Å². The van der Waals surface area contributed by atoms with Gasteiger partial charge in [0.1, 0.15) is 0 Å². The number of para-hydroxylation sites is 1. The normalized spacial score (nSPS) is 11.3. The molecule has 1 aromatic heterocycles. The van der Waals surface area contributed by atoms with Crippen molar-refractivity contribution in [3.8, 4) is 0 Å². The van der Waals surface area contributed by atoms with Gasteiger partial charge in [0.05, 0.1) is 11.3 Å². The van der Waals surface area contributed by atoms with Crippen molar-refractivity contribution in [2.45, 2.75) is 38.0 Å². The lowest BCUT2D eigenvalue weighted by molar-refractivity contribution is -0.118. The first-order valence-corrected chi connectivity index (χ1v) is 11.1. The van der Waals surface area contributed by atoms with E-state index in [9.17, 15) is 18.0 Å². The molecule has 0 aliphatic rings. The molecule has 0 bridgehead atoms. The lowest BCUT2D eigenvalue weighted by atomic mass is 10.1. The molecule has 3 N–H and O–H groups in total. The van der Waals surface area contributed by atoms with Gasteiger partial charge in [-0.1, -0.05) is 50.7 Å². The second kappa shape index (κ2) is 9.60. The topological polar surface area (TPSA) is 130 Å². The zero-order valence-electron chi connectivity index (χ0n) is 15.9. The smallest absolute Gasteiger partial charge is 0.291 e. The average Bonchev–Trinajstić information content (AvgIpc) is 3.11. The molecule has 11 heteroatoms. The van der Waals surface area contributed by atoms with Crippen molar-refractivity contribution < 1.29 is 18.0 Å². The first-order chi connectivity index (χ1) is 13.2. The summed E-state index contributed by atoms with van der Waals surface area (Å²) in [5.74, 6) is -0.934. The summed E-state index contributed by atoms with van der Waals surface area (Å²) in [4.78, 5) is 24.0. The monoisotopic (exact) mass is 425 g/mol. The van der Waals surface area contributed by atoms with E-state index < -0.39 is 10.0 Å². The van der Waals surface area contributed by atoms with Gasteiger partial charge in [0.15, 0.2) is 0 Å². The van der Waals surface area contributed by atoms with E-state index in [1.807, 2.05) is 6.92 Å². The van der Waals surface area contributed by atoms with Gasteiger partial charge in [-0.05, 0) is 18.6 Å². The SMILES string of the molecule is CCCCNC(=O)c1ccccc1NS(=O)(=O)c1nnc(NC(=O)C(C)C)s1. The van der Waals surface area contributed by atoms with Gasteiger partial charge in [0, 0.05) is 12.5 Å². The van der Waals surface area contributed by atoms with Crippen molar-refractivity contribution in [3.05, 3.63) is 29.8 Å². The summed E-state index contributed by atoms with van der Waals surface area (Å²) in [5.41, 5.74) is 0.347. The number of unbranched alkanes of at least 4 members (excludes halogenated alkanes) is 1. The van der Waals surface area contributed by atoms with Crippen LogP contribution in [0.1, 0.15) is 44.0 Å². The molecule has 9 nitrogen and oxygen atoms in total. The Labute approximate surface area is 168 Å². The molecule has 0 fully saturated rings. The second-order valence-corrected chi connectivity index (χ2v) is 9.11. The number of nitrogens with one attached hydrogen (secondary N) is 3. The van der Waals surface area contributed by atoms with E-state index >= 15 is 0 Å². The highest BCUT2D eigenvalue weighted by Gasteiger charge is 2.23. The Morgan fingerprint density at radius 1 is 1.18 bits per heavy atom. The number of carbonyl (C=O) groups excluding carboxylic acids is 2. The minimum absolute atomic E-state index is 0.0877. The number of anilines is 2. The molecule has 2 amide bonds. The molecule has 0 unspecified atom stereocenters. The van der Waals surface area contributed by atoms with Gasteiger partial charge in [-0.3, -0.25) is 14.3 Å². The van der Waals surface area contributed by atoms with Crippen molar-refractivity contribution >= 4 is 44.0 Å². The van der Waals surface area contributed by atoms with E-state index in [-0.39, 0.29) is 38.5 Å². The van der Waals surface area contributed by atoms with Crippen LogP contribution < -0.4 is 15.4 Å². The van der Waals surface area contributed by atoms with Gasteiger partial charge in [0.2, 0.25) is 11.0 Å². The molecule has 1 heterocycles. The third kappa shape index (κ3) is 5.73. The molecule has 0 saturated carbocycles. The van der Waals surface area contributed by atoms with Crippen LogP contribution in [0.25, 0.3) is 0 Å². The first kappa shape index (κ1) is 21.8. The van der Waals surface area contributed by atoms with Crippen LogP contribution in [0.5, 0.6) is 0 Å². The standard InChI is InChI=1S/C17H23N5O4S2/c1-4-5-10-18-15(24)12-8-6-7-9-13(12)22-28(25,26)17-21-20-16(27-17)19-14(23)11(2)3/h6-9,11,22H,4-5,10H2,1-3H3,(H,18,24)(H,19,20,23). The van der Waals surface area contributed by atoms with E-state index in [2.05, 4.69) is 25.6 Å². The number of sulfonamides is 1. The maximum absolute atomic E-state index is 12.6. The predicted octanol–water partition coefficient (Wildman–Crippen LogP) is 2.46. The molecular weight excluding hydrogens is 402 g/mol. The number of hydrogen-bond donors (Lipinski definition) is 3. The Morgan fingerprint density at radius 3 is 2.57 bits per heavy atom. The van der Waals surface area contributed by atoms with Gasteiger partial charge in [-0.15, -0.1) is 10.2 Å². The summed E-state index contributed by atoms with van der Waals surface area (Å²) in [6.45, 7) is 5.93. The molecule has 0 spiro atoms. The van der Waals surface area contributed by atoms with Crippen LogP contribution in [0.3, 0.4) is 0 Å². The van der Waals surface area contributed by atoms with Gasteiger partial charge < -0.3 is 10.6 Å². The van der Waals surface area contributed by atoms with Crippen molar-refractivity contribution in [2.75, 3.05) is 16.6 Å². The lowest BCUT2D eigenvalue weighted by Crippen LogP contribution is -2.26. The molecule has 0 aliphatic heterocycles. The third-order valence-electron chi connectivity index (χ3n) is 3.62. The van der Waals surface area contributed by atoms with Crippen molar-refractivity contribution in [1.29, 1.82) is 0 Å². The molecule has 0 radical (unpaired) electrons. The quantitative estimate of drug-likeness (QED) is 0.418. The van der Waals surface area contributed by atoms with E-state index in [1.54, 1.807) is 26.0 Å². The van der Waals surface area contributed by atoms with E-state index in [1.165, 1.54) is 12.1 Å². The van der Waals surface area contributed by atoms with Crippen LogP contribution in [-0.2, 0) is 14.8 Å². The maximum Gasteiger partial charge on any atom is 0.291 e. The zero-order valence-corrected chi connectivity index (χ0v) is 17.5. The Hall–Kier alpha value is -2.53. The van der Waals surface area contributed by atoms with Crippen LogP contribution in [0.2, 0.25) is 0 Å². The summed E-state index contributed by atoms with van der Waals surface area (Å²) >= 11 is 0.731. The number of rotatable bonds is 9. The fourth-order valence-corrected chi connectivity index (χ4v) is 4.04. The third-order valence-corrected chi connectivity index (χ3v) is 6.19. The summed E-state index contributed by atoms with van der Waals surface area (Å²) in [7, 11) is -4.07. The Balaban J connectivity index is 2.18. The average molecular weight is 426 g/mol. The Kier molecular flexibility index (Phi) is 7.46. The molecule has 1 aromatic carbocycles. The Bertz CT molecular complexity index is 941. The van der Waals surface area contributed by atoms with Gasteiger partial charge >= 0.3 is 0 Å². The molecule has 2 rings (SSSR count). The first-order valence-electron chi connectivity index (χ1n) is 8.79. The van der Waals surface area contributed by atoms with E-state index in [4.69, 9.17) is 0 Å². The number of amides is 2. The van der Waals surface area contributed by atoms with Crippen LogP contribution in [-0.4, -0.2) is 37.0 Å². The number of carbonyl (C=O) groups is 2. The molecule has 0 saturated heterocycles. The fourth-order valence-electron chi connectivity index (χ4n) is 2.05. The highest BCUT2D eigenvalue weighted by Crippen LogP contribution is 2.24. The van der Waals surface area contributed by atoms with E-state index in [0.717, 1.165) is 24.2 Å². The molecule has 0 atom stereocenters. The molecule has 28 heavy (non-hydrogen) atoms. The second-order valence-electron chi connectivity index (χ2n) is 6.28. The highest BCUT2D eigenvalue weighted by molar-refractivity contribution is 7.94. The van der Waals surface area contributed by atoms with Crippen LogP contribution in [0.4, 0.5) is 10.8 Å². The highest BCUT2D eigenvalue weighted by atomic mass is 32.2. The van der Waals surface area contributed by atoms with Crippen molar-refractivity contribution in [2.24, 2.45) is 5.92 Å². The fraction of sp³-hybridized carbons (Fsp3) is 0.412. The minimum Gasteiger partial charge on any atom is -0.352 e. The summed E-state index contributed by atoms with van der Waals surface area (Å²) in [6.07, 6.45) is 1.76. The summed E-state index contributed by atoms with van der Waals surface area (Å²) in [5, 5.41) is 12.7. The lowest BCUT2D eigenvalue weighted by Gasteiger charge is -2.11. The van der Waals surface area contributed by atoms with Crippen LogP contribution in [0, 0.1) is 5.92 Å². The molecule has 152 valence electrons. The van der Waals surface area contributed by atoms with E-state index in [0.29, 0.717) is 6.54 Å². The molecular formula is C17H23N5O4S2. The molecule has 0 aliphatic carbocycles. The number of hydrogen-bond acceptors (Lipinski definition) is 7. The predicted molar refractivity (Wildman–Crippen MR) is 108 cm³/mol. The number of nitrogens with zero attached hydrogens (tertiary/aromatic N) is 2.